The predicted molar refractivity (Wildman–Crippen MR) is 104 cm³/mol. The molecule has 138 valence electrons. The first-order valence-corrected chi connectivity index (χ1v) is 9.39. The molecular formula is C20H24ClN3O2. The Hall–Kier alpha value is -2.11. The summed E-state index contributed by atoms with van der Waals surface area (Å²) in [5, 5.41) is 14.1. The fourth-order valence-electron chi connectivity index (χ4n) is 3.40. The molecule has 2 heterocycles. The fourth-order valence-corrected chi connectivity index (χ4v) is 3.52. The molecular weight excluding hydrogens is 350 g/mol. The Morgan fingerprint density at radius 2 is 2.00 bits per heavy atom. The van der Waals surface area contributed by atoms with Gasteiger partial charge in [0.25, 0.3) is 5.91 Å². The number of carbonyl (C=O) groups excluding carboxylic acids is 1. The minimum atomic E-state index is -0.474. The molecule has 2 aromatic rings. The average molecular weight is 374 g/mol. The molecule has 1 aromatic carbocycles. The van der Waals surface area contributed by atoms with Gasteiger partial charge in [-0.05, 0) is 55.5 Å². The summed E-state index contributed by atoms with van der Waals surface area (Å²) < 4.78 is 0. The SMILES string of the molecule is CCNC(=O)c1cc(N2CCC([C@H](O)c3ccc(Cl)cc3)CC2)ccn1. The van der Waals surface area contributed by atoms with Gasteiger partial charge >= 0.3 is 0 Å². The number of pyridine rings is 1. The van der Waals surface area contributed by atoms with Gasteiger partial charge in [0.1, 0.15) is 5.69 Å². The molecule has 1 aromatic heterocycles. The Morgan fingerprint density at radius 1 is 1.31 bits per heavy atom. The van der Waals surface area contributed by atoms with E-state index in [9.17, 15) is 9.90 Å². The lowest BCUT2D eigenvalue weighted by molar-refractivity contribution is 0.0930. The van der Waals surface area contributed by atoms with Gasteiger partial charge in [0.2, 0.25) is 0 Å². The number of nitrogens with zero attached hydrogens (tertiary/aromatic N) is 2. The number of hydrogen-bond donors (Lipinski definition) is 2. The van der Waals surface area contributed by atoms with E-state index in [1.165, 1.54) is 0 Å². The van der Waals surface area contributed by atoms with Gasteiger partial charge in [0.05, 0.1) is 6.10 Å². The summed E-state index contributed by atoms with van der Waals surface area (Å²) in [4.78, 5) is 18.4. The van der Waals surface area contributed by atoms with E-state index < -0.39 is 6.10 Å². The molecule has 0 saturated carbocycles. The lowest BCUT2D eigenvalue weighted by Gasteiger charge is -2.35. The predicted octanol–water partition coefficient (Wildman–Crippen LogP) is 3.43. The van der Waals surface area contributed by atoms with Crippen LogP contribution < -0.4 is 10.2 Å². The monoisotopic (exact) mass is 373 g/mol. The maximum absolute atomic E-state index is 12.0. The van der Waals surface area contributed by atoms with Crippen molar-refractivity contribution < 1.29 is 9.90 Å². The highest BCUT2D eigenvalue weighted by atomic mass is 35.5. The summed E-state index contributed by atoms with van der Waals surface area (Å²) in [5.41, 5.74) is 2.35. The van der Waals surface area contributed by atoms with Gasteiger partial charge in [-0.15, -0.1) is 0 Å². The second-order valence-corrected chi connectivity index (χ2v) is 7.02. The van der Waals surface area contributed by atoms with Gasteiger partial charge in [-0.1, -0.05) is 23.7 Å². The van der Waals surface area contributed by atoms with E-state index in [0.717, 1.165) is 37.2 Å². The Morgan fingerprint density at radius 3 is 2.65 bits per heavy atom. The number of benzene rings is 1. The maximum Gasteiger partial charge on any atom is 0.269 e. The standard InChI is InChI=1S/C20H24ClN3O2/c1-2-22-20(26)18-13-17(7-10-23-18)24-11-8-15(9-12-24)19(25)14-3-5-16(21)6-4-14/h3-7,10,13,15,19,25H,2,8-9,11-12H2,1H3,(H,22,26)/t19-/m1/s1. The lowest BCUT2D eigenvalue weighted by atomic mass is 9.87. The lowest BCUT2D eigenvalue weighted by Crippen LogP contribution is -2.36. The van der Waals surface area contributed by atoms with E-state index >= 15 is 0 Å². The first-order valence-electron chi connectivity index (χ1n) is 9.01. The minimum absolute atomic E-state index is 0.151. The third-order valence-electron chi connectivity index (χ3n) is 4.88. The van der Waals surface area contributed by atoms with Crippen molar-refractivity contribution in [3.8, 4) is 0 Å². The van der Waals surface area contributed by atoms with Crippen LogP contribution in [0.2, 0.25) is 5.02 Å². The van der Waals surface area contributed by atoms with Crippen LogP contribution in [0.5, 0.6) is 0 Å². The summed E-state index contributed by atoms with van der Waals surface area (Å²) in [6.45, 7) is 4.15. The zero-order chi connectivity index (χ0) is 18.5. The van der Waals surface area contributed by atoms with Gasteiger partial charge < -0.3 is 15.3 Å². The van der Waals surface area contributed by atoms with Crippen molar-refractivity contribution in [1.82, 2.24) is 10.3 Å². The third-order valence-corrected chi connectivity index (χ3v) is 5.13. The van der Waals surface area contributed by atoms with Gasteiger partial charge in [0.15, 0.2) is 0 Å². The van der Waals surface area contributed by atoms with Crippen molar-refractivity contribution in [3.63, 3.8) is 0 Å². The third kappa shape index (κ3) is 4.34. The molecule has 26 heavy (non-hydrogen) atoms. The first-order chi connectivity index (χ1) is 12.6. The molecule has 0 unspecified atom stereocenters. The van der Waals surface area contributed by atoms with Crippen LogP contribution in [0.15, 0.2) is 42.6 Å². The highest BCUT2D eigenvalue weighted by Gasteiger charge is 2.26. The van der Waals surface area contributed by atoms with E-state index in [4.69, 9.17) is 11.6 Å². The second kappa shape index (κ2) is 8.52. The zero-order valence-electron chi connectivity index (χ0n) is 14.9. The van der Waals surface area contributed by atoms with Crippen LogP contribution in [0.1, 0.15) is 41.9 Å². The van der Waals surface area contributed by atoms with E-state index in [1.54, 1.807) is 6.20 Å². The van der Waals surface area contributed by atoms with E-state index in [1.807, 2.05) is 43.3 Å². The first kappa shape index (κ1) is 18.7. The Labute approximate surface area is 159 Å². The van der Waals surface area contributed by atoms with Crippen LogP contribution in [0.4, 0.5) is 5.69 Å². The number of aliphatic hydroxyl groups is 1. The van der Waals surface area contributed by atoms with Crippen LogP contribution in [0.3, 0.4) is 0 Å². The number of carbonyl (C=O) groups is 1. The molecule has 1 atom stereocenters. The summed E-state index contributed by atoms with van der Waals surface area (Å²) in [7, 11) is 0. The zero-order valence-corrected chi connectivity index (χ0v) is 15.6. The molecule has 3 rings (SSSR count). The number of nitrogens with one attached hydrogen (secondary N) is 1. The van der Waals surface area contributed by atoms with Gasteiger partial charge in [0, 0.05) is 36.5 Å². The number of aliphatic hydroxyl groups excluding tert-OH is 1. The quantitative estimate of drug-likeness (QED) is 0.842. The molecule has 0 spiro atoms. The molecule has 1 fully saturated rings. The van der Waals surface area contributed by atoms with E-state index in [-0.39, 0.29) is 11.8 Å². The van der Waals surface area contributed by atoms with Gasteiger partial charge in [-0.3, -0.25) is 9.78 Å². The number of rotatable bonds is 5. The minimum Gasteiger partial charge on any atom is -0.388 e. The molecule has 5 nitrogen and oxygen atoms in total. The molecule has 0 aliphatic carbocycles. The van der Waals surface area contributed by atoms with Crippen molar-refractivity contribution in [3.05, 3.63) is 58.9 Å². The number of hydrogen-bond acceptors (Lipinski definition) is 4. The van der Waals surface area contributed by atoms with Crippen LogP contribution >= 0.6 is 11.6 Å². The number of halogens is 1. The van der Waals surface area contributed by atoms with Gasteiger partial charge in [-0.25, -0.2) is 0 Å². The van der Waals surface area contributed by atoms with Crippen molar-refractivity contribution in [1.29, 1.82) is 0 Å². The topological polar surface area (TPSA) is 65.5 Å². The van der Waals surface area contributed by atoms with E-state index in [2.05, 4.69) is 15.2 Å². The average Bonchev–Trinajstić information content (AvgIpc) is 2.68. The molecule has 0 radical (unpaired) electrons. The van der Waals surface area contributed by atoms with Crippen LogP contribution in [0.25, 0.3) is 0 Å². The van der Waals surface area contributed by atoms with Crippen molar-refractivity contribution >= 4 is 23.2 Å². The van der Waals surface area contributed by atoms with Crippen molar-refractivity contribution in [2.75, 3.05) is 24.5 Å². The largest absolute Gasteiger partial charge is 0.388 e. The van der Waals surface area contributed by atoms with Crippen LogP contribution in [-0.4, -0.2) is 35.6 Å². The molecule has 1 aliphatic heterocycles. The molecule has 2 N–H and O–H groups in total. The highest BCUT2D eigenvalue weighted by molar-refractivity contribution is 6.30. The molecule has 1 amide bonds. The second-order valence-electron chi connectivity index (χ2n) is 6.58. The fraction of sp³-hybridized carbons (Fsp3) is 0.400. The van der Waals surface area contributed by atoms with E-state index in [0.29, 0.717) is 17.3 Å². The summed E-state index contributed by atoms with van der Waals surface area (Å²) >= 11 is 5.92. The van der Waals surface area contributed by atoms with Crippen LogP contribution in [-0.2, 0) is 0 Å². The summed E-state index contributed by atoms with van der Waals surface area (Å²) in [6.07, 6.45) is 2.98. The Bertz CT molecular complexity index is 743. The molecule has 6 heteroatoms. The van der Waals surface area contributed by atoms with Crippen LogP contribution in [0, 0.1) is 5.92 Å². The Balaban J connectivity index is 1.62. The summed E-state index contributed by atoms with van der Waals surface area (Å²) in [5.74, 6) is 0.0690. The molecule has 1 saturated heterocycles. The molecule has 1 aliphatic rings. The van der Waals surface area contributed by atoms with Crippen molar-refractivity contribution in [2.24, 2.45) is 5.92 Å². The smallest absolute Gasteiger partial charge is 0.269 e. The number of piperidine rings is 1. The normalized spacial score (nSPS) is 16.3. The molecule has 0 bridgehead atoms. The maximum atomic E-state index is 12.0. The summed E-state index contributed by atoms with van der Waals surface area (Å²) in [6, 6.07) is 11.2. The van der Waals surface area contributed by atoms with Gasteiger partial charge in [-0.2, -0.15) is 0 Å². The number of amides is 1. The highest BCUT2D eigenvalue weighted by Crippen LogP contribution is 2.32. The number of aromatic nitrogens is 1. The Kier molecular flexibility index (Phi) is 6.12. The van der Waals surface area contributed by atoms with Crippen molar-refractivity contribution in [2.45, 2.75) is 25.9 Å². The number of anilines is 1.